The second-order valence-electron chi connectivity index (χ2n) is 6.19. The number of aryl methyl sites for hydroxylation is 2. The van der Waals surface area contributed by atoms with Gasteiger partial charge in [0.15, 0.2) is 0 Å². The molecule has 0 unspecified atom stereocenters. The standard InChI is InChI=1S/C16H21N5O2/c1-9-4-18-5-11(9)16(23)21-7-13(14(8-21)15(17)22)12-6-19-20(3)10(12)2/h4-6,13-14,18H,7-8H2,1-3H3,(H2,17,22)/t13-,14+/m1/s1. The third-order valence-corrected chi connectivity index (χ3v) is 4.83. The number of amides is 2. The summed E-state index contributed by atoms with van der Waals surface area (Å²) < 4.78 is 1.77. The van der Waals surface area contributed by atoms with Gasteiger partial charge in [0.2, 0.25) is 5.91 Å². The van der Waals surface area contributed by atoms with Gasteiger partial charge >= 0.3 is 0 Å². The van der Waals surface area contributed by atoms with Crippen molar-refractivity contribution in [3.63, 3.8) is 0 Å². The predicted octanol–water partition coefficient (Wildman–Crippen LogP) is 0.706. The molecule has 3 N–H and O–H groups in total. The van der Waals surface area contributed by atoms with E-state index >= 15 is 0 Å². The number of rotatable bonds is 3. The van der Waals surface area contributed by atoms with Gasteiger partial charge in [-0.3, -0.25) is 14.3 Å². The van der Waals surface area contributed by atoms with Crippen molar-refractivity contribution in [1.82, 2.24) is 19.7 Å². The molecule has 23 heavy (non-hydrogen) atoms. The van der Waals surface area contributed by atoms with Gasteiger partial charge in [-0.15, -0.1) is 0 Å². The first-order valence-corrected chi connectivity index (χ1v) is 7.60. The zero-order chi connectivity index (χ0) is 16.7. The van der Waals surface area contributed by atoms with Gasteiger partial charge in [0.1, 0.15) is 0 Å². The Labute approximate surface area is 134 Å². The molecule has 0 spiro atoms. The minimum absolute atomic E-state index is 0.0703. The van der Waals surface area contributed by atoms with Crippen LogP contribution in [0.4, 0.5) is 0 Å². The van der Waals surface area contributed by atoms with E-state index in [0.717, 1.165) is 16.8 Å². The number of aromatic amines is 1. The maximum absolute atomic E-state index is 12.7. The summed E-state index contributed by atoms with van der Waals surface area (Å²) in [5.74, 6) is -0.941. The maximum atomic E-state index is 12.7. The number of hydrogen-bond acceptors (Lipinski definition) is 3. The molecule has 0 aliphatic carbocycles. The third kappa shape index (κ3) is 2.52. The molecule has 2 aromatic rings. The van der Waals surface area contributed by atoms with Crippen LogP contribution in [0, 0.1) is 19.8 Å². The first kappa shape index (κ1) is 15.3. The first-order chi connectivity index (χ1) is 10.9. The number of nitrogens with two attached hydrogens (primary N) is 1. The highest BCUT2D eigenvalue weighted by atomic mass is 16.2. The van der Waals surface area contributed by atoms with Crippen molar-refractivity contribution in [3.05, 3.63) is 41.0 Å². The van der Waals surface area contributed by atoms with Crippen LogP contribution < -0.4 is 5.73 Å². The fourth-order valence-electron chi connectivity index (χ4n) is 3.30. The van der Waals surface area contributed by atoms with Gasteiger partial charge in [-0.2, -0.15) is 5.10 Å². The van der Waals surface area contributed by atoms with E-state index in [9.17, 15) is 9.59 Å². The van der Waals surface area contributed by atoms with Crippen molar-refractivity contribution in [2.45, 2.75) is 19.8 Å². The smallest absolute Gasteiger partial charge is 0.255 e. The van der Waals surface area contributed by atoms with Crippen molar-refractivity contribution in [2.75, 3.05) is 13.1 Å². The quantitative estimate of drug-likeness (QED) is 0.872. The summed E-state index contributed by atoms with van der Waals surface area (Å²) in [5.41, 5.74) is 9.09. The van der Waals surface area contributed by atoms with Crippen molar-refractivity contribution in [1.29, 1.82) is 0 Å². The molecule has 3 rings (SSSR count). The van der Waals surface area contributed by atoms with E-state index in [4.69, 9.17) is 5.73 Å². The largest absolute Gasteiger partial charge is 0.369 e. The van der Waals surface area contributed by atoms with Gasteiger partial charge in [0.05, 0.1) is 17.7 Å². The highest BCUT2D eigenvalue weighted by Gasteiger charge is 2.41. The molecule has 1 aliphatic rings. The molecule has 0 aromatic carbocycles. The van der Waals surface area contributed by atoms with E-state index in [-0.39, 0.29) is 23.7 Å². The highest BCUT2D eigenvalue weighted by molar-refractivity contribution is 5.96. The zero-order valence-electron chi connectivity index (χ0n) is 13.5. The molecule has 122 valence electrons. The zero-order valence-corrected chi connectivity index (χ0v) is 13.5. The number of aromatic nitrogens is 3. The Kier molecular flexibility index (Phi) is 3.71. The van der Waals surface area contributed by atoms with E-state index in [0.29, 0.717) is 18.7 Å². The van der Waals surface area contributed by atoms with Gasteiger partial charge in [-0.1, -0.05) is 0 Å². The molecule has 7 heteroatoms. The Balaban J connectivity index is 1.90. The molecule has 7 nitrogen and oxygen atoms in total. The number of nitrogens with zero attached hydrogens (tertiary/aromatic N) is 3. The summed E-state index contributed by atoms with van der Waals surface area (Å²) in [4.78, 5) is 29.2. The van der Waals surface area contributed by atoms with Gasteiger partial charge in [0.25, 0.3) is 5.91 Å². The second kappa shape index (κ2) is 5.57. The van der Waals surface area contributed by atoms with E-state index < -0.39 is 0 Å². The molecule has 0 radical (unpaired) electrons. The topological polar surface area (TPSA) is 97.0 Å². The minimum Gasteiger partial charge on any atom is -0.369 e. The molecule has 0 bridgehead atoms. The van der Waals surface area contributed by atoms with Crippen LogP contribution in [0.25, 0.3) is 0 Å². The molecule has 1 aliphatic heterocycles. The molecule has 3 heterocycles. The third-order valence-electron chi connectivity index (χ3n) is 4.83. The summed E-state index contributed by atoms with van der Waals surface area (Å²) in [5, 5.41) is 4.24. The minimum atomic E-state index is -0.388. The van der Waals surface area contributed by atoms with Crippen molar-refractivity contribution in [3.8, 4) is 0 Å². The van der Waals surface area contributed by atoms with Crippen LogP contribution in [0.3, 0.4) is 0 Å². The maximum Gasteiger partial charge on any atom is 0.255 e. The lowest BCUT2D eigenvalue weighted by molar-refractivity contribution is -0.121. The lowest BCUT2D eigenvalue weighted by Crippen LogP contribution is -2.32. The Morgan fingerprint density at radius 2 is 2.04 bits per heavy atom. The van der Waals surface area contributed by atoms with Crippen molar-refractivity contribution >= 4 is 11.8 Å². The average Bonchev–Trinajstić information content (AvgIpc) is 3.19. The van der Waals surface area contributed by atoms with Gasteiger partial charge in [-0.25, -0.2) is 0 Å². The number of primary amides is 1. The van der Waals surface area contributed by atoms with Gasteiger partial charge in [0, 0.05) is 44.1 Å². The molecule has 2 atom stereocenters. The van der Waals surface area contributed by atoms with E-state index in [1.54, 1.807) is 28.2 Å². The number of H-pyrrole nitrogens is 1. The average molecular weight is 315 g/mol. The Morgan fingerprint density at radius 3 is 2.57 bits per heavy atom. The van der Waals surface area contributed by atoms with Crippen molar-refractivity contribution < 1.29 is 9.59 Å². The molecule has 1 saturated heterocycles. The van der Waals surface area contributed by atoms with Crippen LogP contribution in [-0.4, -0.2) is 44.6 Å². The molecule has 0 saturated carbocycles. The molecule has 2 aromatic heterocycles. The predicted molar refractivity (Wildman–Crippen MR) is 84.8 cm³/mol. The Hall–Kier alpha value is -2.57. The van der Waals surface area contributed by atoms with Crippen LogP contribution >= 0.6 is 0 Å². The van der Waals surface area contributed by atoms with Crippen LogP contribution in [0.1, 0.15) is 33.1 Å². The van der Waals surface area contributed by atoms with Crippen LogP contribution in [0.5, 0.6) is 0 Å². The molecule has 1 fully saturated rings. The number of nitrogens with one attached hydrogen (secondary N) is 1. The summed E-state index contributed by atoms with van der Waals surface area (Å²) in [6.45, 7) is 4.66. The molecule has 2 amide bonds. The first-order valence-electron chi connectivity index (χ1n) is 7.60. The van der Waals surface area contributed by atoms with Crippen LogP contribution in [-0.2, 0) is 11.8 Å². The highest BCUT2D eigenvalue weighted by Crippen LogP contribution is 2.35. The summed E-state index contributed by atoms with van der Waals surface area (Å²) >= 11 is 0. The fourth-order valence-corrected chi connectivity index (χ4v) is 3.30. The van der Waals surface area contributed by atoms with E-state index in [1.807, 2.05) is 20.9 Å². The van der Waals surface area contributed by atoms with E-state index in [2.05, 4.69) is 10.1 Å². The lowest BCUT2D eigenvalue weighted by Gasteiger charge is -2.16. The van der Waals surface area contributed by atoms with Gasteiger partial charge < -0.3 is 15.6 Å². The second-order valence-corrected chi connectivity index (χ2v) is 6.19. The van der Waals surface area contributed by atoms with Gasteiger partial charge in [-0.05, 0) is 25.0 Å². The lowest BCUT2D eigenvalue weighted by atomic mass is 9.89. The number of likely N-dealkylation sites (tertiary alicyclic amines) is 1. The van der Waals surface area contributed by atoms with Crippen LogP contribution in [0.15, 0.2) is 18.6 Å². The normalized spacial score (nSPS) is 20.9. The number of carbonyl (C=O) groups is 2. The Morgan fingerprint density at radius 1 is 1.30 bits per heavy atom. The van der Waals surface area contributed by atoms with Crippen molar-refractivity contribution in [2.24, 2.45) is 18.7 Å². The monoisotopic (exact) mass is 315 g/mol. The molecular formula is C16H21N5O2. The fraction of sp³-hybridized carbons (Fsp3) is 0.438. The summed E-state index contributed by atoms with van der Waals surface area (Å²) in [6, 6.07) is 0. The number of hydrogen-bond donors (Lipinski definition) is 2. The number of carbonyl (C=O) groups excluding carboxylic acids is 2. The van der Waals surface area contributed by atoms with Crippen LogP contribution in [0.2, 0.25) is 0 Å². The SMILES string of the molecule is Cc1c[nH]cc1C(=O)N1C[C@H](C(N)=O)[C@@H](c2cnn(C)c2C)C1. The van der Waals surface area contributed by atoms with E-state index in [1.165, 1.54) is 0 Å². The Bertz CT molecular complexity index is 760. The summed E-state index contributed by atoms with van der Waals surface area (Å²) in [6.07, 6.45) is 5.25. The summed E-state index contributed by atoms with van der Waals surface area (Å²) in [7, 11) is 1.86. The molecular weight excluding hydrogens is 294 g/mol.